The lowest BCUT2D eigenvalue weighted by Crippen LogP contribution is -2.57. The van der Waals surface area contributed by atoms with Crippen molar-refractivity contribution in [3.63, 3.8) is 0 Å². The smallest absolute Gasteiger partial charge is 0.326 e. The van der Waals surface area contributed by atoms with Gasteiger partial charge in [-0.2, -0.15) is 0 Å². The van der Waals surface area contributed by atoms with Crippen molar-refractivity contribution in [3.05, 3.63) is 0 Å². The van der Waals surface area contributed by atoms with Crippen LogP contribution in [0, 0.1) is 5.92 Å². The summed E-state index contributed by atoms with van der Waals surface area (Å²) in [4.78, 5) is 51.8. The van der Waals surface area contributed by atoms with Crippen molar-refractivity contribution in [2.75, 3.05) is 13.2 Å². The first-order valence-corrected chi connectivity index (χ1v) is 10.00. The minimum absolute atomic E-state index is 0.0317. The van der Waals surface area contributed by atoms with Crippen LogP contribution >= 0.6 is 0 Å². The third-order valence-electron chi connectivity index (χ3n) is 4.69. The molecule has 0 saturated heterocycles. The van der Waals surface area contributed by atoms with Crippen LogP contribution < -0.4 is 33.2 Å². The van der Waals surface area contributed by atoms with E-state index < -0.39 is 54.5 Å². The Morgan fingerprint density at radius 1 is 0.968 bits per heavy atom. The first kappa shape index (κ1) is 28.1. The normalized spacial score (nSPS) is 15.5. The fourth-order valence-electron chi connectivity index (χ4n) is 2.41. The van der Waals surface area contributed by atoms with E-state index in [4.69, 9.17) is 17.2 Å². The number of carboxylic acids is 1. The van der Waals surface area contributed by atoms with E-state index in [9.17, 15) is 29.4 Å². The second kappa shape index (κ2) is 14.1. The Morgan fingerprint density at radius 2 is 1.55 bits per heavy atom. The average Bonchev–Trinajstić information content (AvgIpc) is 2.71. The van der Waals surface area contributed by atoms with Gasteiger partial charge in [0.1, 0.15) is 18.1 Å². The van der Waals surface area contributed by atoms with E-state index in [1.54, 1.807) is 6.92 Å². The van der Waals surface area contributed by atoms with Gasteiger partial charge in [-0.3, -0.25) is 19.4 Å². The van der Waals surface area contributed by atoms with Crippen LogP contribution in [0.1, 0.15) is 40.0 Å². The van der Waals surface area contributed by atoms with Gasteiger partial charge < -0.3 is 43.4 Å². The lowest BCUT2D eigenvalue weighted by atomic mass is 9.99. The summed E-state index contributed by atoms with van der Waals surface area (Å²) in [5, 5.41) is 25.7. The fourth-order valence-corrected chi connectivity index (χ4v) is 2.41. The first-order valence-electron chi connectivity index (χ1n) is 10.00. The van der Waals surface area contributed by atoms with Crippen molar-refractivity contribution >= 4 is 29.7 Å². The first-order chi connectivity index (χ1) is 14.4. The summed E-state index contributed by atoms with van der Waals surface area (Å²) in [6, 6.07) is -4.50. The molecule has 0 aromatic rings. The van der Waals surface area contributed by atoms with Gasteiger partial charge in [-0.05, 0) is 25.7 Å². The number of hydrogen-bond acceptors (Lipinski definition) is 7. The van der Waals surface area contributed by atoms with Gasteiger partial charge >= 0.3 is 5.97 Å². The highest BCUT2D eigenvalue weighted by atomic mass is 16.4. The summed E-state index contributed by atoms with van der Waals surface area (Å²) in [6.07, 6.45) is 0.993. The number of hydrogen-bond donors (Lipinski definition) is 8. The molecule has 31 heavy (non-hydrogen) atoms. The quantitative estimate of drug-likeness (QED) is 0.0769. The minimum Gasteiger partial charge on any atom is -0.480 e. The maximum absolute atomic E-state index is 12.3. The van der Waals surface area contributed by atoms with Gasteiger partial charge in [-0.1, -0.05) is 20.3 Å². The number of aliphatic carboxylic acids is 1. The second-order valence-corrected chi connectivity index (χ2v) is 7.23. The second-order valence-electron chi connectivity index (χ2n) is 7.23. The Labute approximate surface area is 181 Å². The van der Waals surface area contributed by atoms with Crippen molar-refractivity contribution in [3.8, 4) is 0 Å². The van der Waals surface area contributed by atoms with Crippen LogP contribution in [0.3, 0.4) is 0 Å². The van der Waals surface area contributed by atoms with Gasteiger partial charge in [0.2, 0.25) is 17.7 Å². The largest absolute Gasteiger partial charge is 0.480 e. The molecule has 0 heterocycles. The van der Waals surface area contributed by atoms with E-state index >= 15 is 0 Å². The number of nitrogens with two attached hydrogens (primary N) is 3. The standard InChI is InChI=1S/C18H35N7O6/c1-4-9(2)13(19)16(29)23-10(3)14(27)25-12(8-26)15(28)24-11(17(30)31)6-5-7-22-18(20)21/h9-13,26H,4-8,19H2,1-3H3,(H,23,29)(H,24,28)(H,25,27)(H,30,31)(H4,20,21,22). The summed E-state index contributed by atoms with van der Waals surface area (Å²) in [6.45, 7) is 4.48. The number of carboxylic acid groups (broad SMARTS) is 1. The summed E-state index contributed by atoms with van der Waals surface area (Å²) in [5.74, 6) is -3.66. The van der Waals surface area contributed by atoms with E-state index in [1.807, 2.05) is 6.92 Å². The van der Waals surface area contributed by atoms with Crippen LogP contribution in [0.4, 0.5) is 0 Å². The molecule has 0 bridgehead atoms. The molecule has 13 heteroatoms. The molecule has 0 rings (SSSR count). The molecular formula is C18H35N7O6. The summed E-state index contributed by atoms with van der Waals surface area (Å²) >= 11 is 0. The summed E-state index contributed by atoms with van der Waals surface area (Å²) in [5.41, 5.74) is 16.2. The SMILES string of the molecule is CCC(C)C(N)C(=O)NC(C)C(=O)NC(CO)C(=O)NC(CCCN=C(N)N)C(=O)O. The molecule has 3 amide bonds. The van der Waals surface area contributed by atoms with Crippen molar-refractivity contribution in [1.82, 2.24) is 16.0 Å². The lowest BCUT2D eigenvalue weighted by molar-refractivity contribution is -0.142. The van der Waals surface area contributed by atoms with Crippen LogP contribution in [0.15, 0.2) is 4.99 Å². The topological polar surface area (TPSA) is 235 Å². The zero-order chi connectivity index (χ0) is 24.1. The predicted molar refractivity (Wildman–Crippen MR) is 114 cm³/mol. The van der Waals surface area contributed by atoms with Crippen molar-refractivity contribution in [2.24, 2.45) is 28.1 Å². The number of aliphatic hydroxyl groups is 1. The predicted octanol–water partition coefficient (Wildman–Crippen LogP) is -3.04. The summed E-state index contributed by atoms with van der Waals surface area (Å²) < 4.78 is 0. The van der Waals surface area contributed by atoms with Crippen LogP contribution in [-0.2, 0) is 19.2 Å². The van der Waals surface area contributed by atoms with Crippen LogP contribution in [-0.4, -0.2) is 77.2 Å². The molecule has 0 saturated carbocycles. The Kier molecular flexibility index (Phi) is 12.8. The number of aliphatic imine (C=N–C) groups is 1. The Bertz CT molecular complexity index is 653. The van der Waals surface area contributed by atoms with E-state index in [2.05, 4.69) is 20.9 Å². The molecule has 5 atom stereocenters. The molecule has 0 spiro atoms. The highest BCUT2D eigenvalue weighted by Gasteiger charge is 2.28. The number of nitrogens with one attached hydrogen (secondary N) is 3. The molecule has 11 N–H and O–H groups in total. The highest BCUT2D eigenvalue weighted by molar-refractivity contribution is 5.94. The van der Waals surface area contributed by atoms with Crippen molar-refractivity contribution < 1.29 is 29.4 Å². The Hall–Kier alpha value is -2.93. The Morgan fingerprint density at radius 3 is 2.03 bits per heavy atom. The molecule has 178 valence electrons. The van der Waals surface area contributed by atoms with E-state index in [0.29, 0.717) is 6.42 Å². The summed E-state index contributed by atoms with van der Waals surface area (Å²) in [7, 11) is 0. The Balaban J connectivity index is 4.84. The number of guanidine groups is 1. The number of carbonyl (C=O) groups excluding carboxylic acids is 3. The number of amides is 3. The van der Waals surface area contributed by atoms with Gasteiger partial charge in [-0.25, -0.2) is 4.79 Å². The van der Waals surface area contributed by atoms with Gasteiger partial charge in [0.05, 0.1) is 12.6 Å². The zero-order valence-corrected chi connectivity index (χ0v) is 18.1. The minimum atomic E-state index is -1.41. The van der Waals surface area contributed by atoms with Crippen molar-refractivity contribution in [1.29, 1.82) is 0 Å². The number of carbonyl (C=O) groups is 4. The molecule has 13 nitrogen and oxygen atoms in total. The van der Waals surface area contributed by atoms with Crippen LogP contribution in [0.25, 0.3) is 0 Å². The van der Waals surface area contributed by atoms with E-state index in [1.165, 1.54) is 6.92 Å². The molecule has 0 aliphatic carbocycles. The molecular weight excluding hydrogens is 410 g/mol. The van der Waals surface area contributed by atoms with E-state index in [0.717, 1.165) is 0 Å². The van der Waals surface area contributed by atoms with Gasteiger partial charge in [-0.15, -0.1) is 0 Å². The molecule has 5 unspecified atom stereocenters. The number of rotatable bonds is 14. The van der Waals surface area contributed by atoms with Gasteiger partial charge in [0.15, 0.2) is 5.96 Å². The number of aliphatic hydroxyl groups excluding tert-OH is 1. The molecule has 0 aromatic heterocycles. The van der Waals surface area contributed by atoms with Crippen LogP contribution in [0.5, 0.6) is 0 Å². The van der Waals surface area contributed by atoms with Crippen LogP contribution in [0.2, 0.25) is 0 Å². The fraction of sp³-hybridized carbons (Fsp3) is 0.722. The van der Waals surface area contributed by atoms with Gasteiger partial charge in [0, 0.05) is 6.54 Å². The molecule has 0 radical (unpaired) electrons. The van der Waals surface area contributed by atoms with Gasteiger partial charge in [0.25, 0.3) is 0 Å². The maximum Gasteiger partial charge on any atom is 0.326 e. The molecule has 0 fully saturated rings. The monoisotopic (exact) mass is 445 g/mol. The van der Waals surface area contributed by atoms with Crippen molar-refractivity contribution in [2.45, 2.75) is 64.2 Å². The van der Waals surface area contributed by atoms with E-state index in [-0.39, 0.29) is 31.3 Å². The third-order valence-corrected chi connectivity index (χ3v) is 4.69. The maximum atomic E-state index is 12.3. The number of nitrogens with zero attached hydrogens (tertiary/aromatic N) is 1. The molecule has 0 aliphatic heterocycles. The average molecular weight is 446 g/mol. The lowest BCUT2D eigenvalue weighted by Gasteiger charge is -2.23. The molecule has 0 aromatic carbocycles. The zero-order valence-electron chi connectivity index (χ0n) is 18.1. The molecule has 0 aliphatic rings. The highest BCUT2D eigenvalue weighted by Crippen LogP contribution is 2.05. The third kappa shape index (κ3) is 10.6.